The number of primary sulfonamides is 1. The number of nitrogens with one attached hydrogen (secondary N) is 1. The highest BCUT2D eigenvalue weighted by atomic mass is 79.9. The van der Waals surface area contributed by atoms with Crippen LogP contribution in [0.15, 0.2) is 70.0 Å². The number of aromatic nitrogens is 1. The van der Waals surface area contributed by atoms with Crippen LogP contribution in [0.3, 0.4) is 0 Å². The number of pyridine rings is 1. The Balaban J connectivity index is 1.81. The third-order valence-electron chi connectivity index (χ3n) is 3.89. The first-order valence-electron chi connectivity index (χ1n) is 7.92. The lowest BCUT2D eigenvalue weighted by molar-refractivity contribution is 0.102. The van der Waals surface area contributed by atoms with Crippen molar-refractivity contribution in [1.82, 2.24) is 4.98 Å². The number of benzene rings is 2. The van der Waals surface area contributed by atoms with E-state index in [1.807, 2.05) is 24.3 Å². The van der Waals surface area contributed by atoms with Crippen LogP contribution in [0, 0.1) is 6.92 Å². The maximum atomic E-state index is 12.5. The highest BCUT2D eigenvalue weighted by molar-refractivity contribution is 9.10. The molecule has 1 heterocycles. The van der Waals surface area contributed by atoms with E-state index in [-0.39, 0.29) is 10.8 Å². The minimum atomic E-state index is -3.77. The Labute approximate surface area is 165 Å². The third-order valence-corrected chi connectivity index (χ3v) is 5.31. The van der Waals surface area contributed by atoms with Crippen molar-refractivity contribution in [3.05, 3.63) is 76.4 Å². The summed E-state index contributed by atoms with van der Waals surface area (Å²) in [5.41, 5.74) is 3.19. The molecule has 0 radical (unpaired) electrons. The standard InChI is InChI=1S/C19H16BrN3O3S/c1-12-17(9-10-18(22-12)13-3-2-4-14(20)11-13)19(24)23-15-5-7-16(8-6-15)27(21,25)26/h2-11H,1H3,(H,23,24)(H2,21,25,26). The molecule has 1 aromatic heterocycles. The maximum Gasteiger partial charge on any atom is 0.257 e. The molecule has 3 N–H and O–H groups in total. The molecule has 0 bridgehead atoms. The molecule has 0 aliphatic heterocycles. The number of anilines is 1. The zero-order chi connectivity index (χ0) is 19.6. The second-order valence-corrected chi connectivity index (χ2v) is 8.34. The molecular weight excluding hydrogens is 430 g/mol. The average Bonchev–Trinajstić information content (AvgIpc) is 2.61. The summed E-state index contributed by atoms with van der Waals surface area (Å²) in [5, 5.41) is 7.79. The van der Waals surface area contributed by atoms with Gasteiger partial charge in [0.2, 0.25) is 10.0 Å². The highest BCUT2D eigenvalue weighted by Gasteiger charge is 2.13. The van der Waals surface area contributed by atoms with Crippen molar-refractivity contribution in [3.63, 3.8) is 0 Å². The van der Waals surface area contributed by atoms with Crippen LogP contribution in [0.5, 0.6) is 0 Å². The predicted molar refractivity (Wildman–Crippen MR) is 108 cm³/mol. The van der Waals surface area contributed by atoms with Crippen LogP contribution in [-0.2, 0) is 10.0 Å². The monoisotopic (exact) mass is 445 g/mol. The van der Waals surface area contributed by atoms with Gasteiger partial charge >= 0.3 is 0 Å². The molecule has 27 heavy (non-hydrogen) atoms. The summed E-state index contributed by atoms with van der Waals surface area (Å²) in [6, 6.07) is 16.9. The van der Waals surface area contributed by atoms with Crippen molar-refractivity contribution in [1.29, 1.82) is 0 Å². The van der Waals surface area contributed by atoms with Gasteiger partial charge in [-0.25, -0.2) is 13.6 Å². The Morgan fingerprint density at radius 1 is 1.07 bits per heavy atom. The lowest BCUT2D eigenvalue weighted by Crippen LogP contribution is -2.15. The number of hydrogen-bond donors (Lipinski definition) is 2. The number of hydrogen-bond acceptors (Lipinski definition) is 4. The molecule has 0 aliphatic rings. The number of nitrogens with two attached hydrogens (primary N) is 1. The van der Waals surface area contributed by atoms with Crippen molar-refractivity contribution in [2.24, 2.45) is 5.14 Å². The van der Waals surface area contributed by atoms with Crippen LogP contribution in [0.4, 0.5) is 5.69 Å². The molecule has 1 amide bonds. The molecule has 138 valence electrons. The number of carbonyl (C=O) groups excluding carboxylic acids is 1. The van der Waals surface area contributed by atoms with Crippen molar-refractivity contribution >= 4 is 37.5 Å². The second kappa shape index (κ2) is 7.59. The minimum absolute atomic E-state index is 0.0169. The average molecular weight is 446 g/mol. The quantitative estimate of drug-likeness (QED) is 0.638. The van der Waals surface area contributed by atoms with E-state index >= 15 is 0 Å². The molecule has 8 heteroatoms. The van der Waals surface area contributed by atoms with Gasteiger partial charge in [0.25, 0.3) is 5.91 Å². The van der Waals surface area contributed by atoms with E-state index in [0.29, 0.717) is 16.9 Å². The number of amides is 1. The molecule has 0 spiro atoms. The van der Waals surface area contributed by atoms with Crippen molar-refractivity contribution in [2.45, 2.75) is 11.8 Å². The minimum Gasteiger partial charge on any atom is -0.322 e. The van der Waals surface area contributed by atoms with E-state index in [2.05, 4.69) is 26.2 Å². The highest BCUT2D eigenvalue weighted by Crippen LogP contribution is 2.23. The summed E-state index contributed by atoms with van der Waals surface area (Å²) < 4.78 is 23.5. The Hall–Kier alpha value is -2.55. The van der Waals surface area contributed by atoms with Gasteiger partial charge < -0.3 is 5.32 Å². The molecule has 2 aromatic carbocycles. The molecule has 0 saturated heterocycles. The Morgan fingerprint density at radius 2 is 1.78 bits per heavy atom. The molecule has 0 fully saturated rings. The van der Waals surface area contributed by atoms with E-state index in [1.54, 1.807) is 19.1 Å². The molecule has 3 aromatic rings. The normalized spacial score (nSPS) is 11.2. The number of nitrogens with zero attached hydrogens (tertiary/aromatic N) is 1. The first-order valence-corrected chi connectivity index (χ1v) is 10.3. The number of sulfonamides is 1. The van der Waals surface area contributed by atoms with Crippen molar-refractivity contribution < 1.29 is 13.2 Å². The summed E-state index contributed by atoms with van der Waals surface area (Å²) >= 11 is 3.43. The van der Waals surface area contributed by atoms with Gasteiger partial charge in [-0.15, -0.1) is 0 Å². The summed E-state index contributed by atoms with van der Waals surface area (Å²) in [4.78, 5) is 17.0. The van der Waals surface area contributed by atoms with Gasteiger partial charge in [-0.05, 0) is 55.5 Å². The molecule has 0 saturated carbocycles. The summed E-state index contributed by atoms with van der Waals surface area (Å²) in [5.74, 6) is -0.329. The van der Waals surface area contributed by atoms with Gasteiger partial charge in [0.15, 0.2) is 0 Å². The Bertz CT molecular complexity index is 1110. The lowest BCUT2D eigenvalue weighted by atomic mass is 10.1. The number of halogens is 1. The van der Waals surface area contributed by atoms with Crippen LogP contribution in [0.1, 0.15) is 16.1 Å². The largest absolute Gasteiger partial charge is 0.322 e. The Morgan fingerprint density at radius 3 is 2.37 bits per heavy atom. The number of rotatable bonds is 4. The lowest BCUT2D eigenvalue weighted by Gasteiger charge is -2.10. The topological polar surface area (TPSA) is 102 Å². The molecule has 0 aliphatic carbocycles. The third kappa shape index (κ3) is 4.60. The van der Waals surface area contributed by atoms with Crippen LogP contribution in [-0.4, -0.2) is 19.3 Å². The predicted octanol–water partition coefficient (Wildman–Crippen LogP) is 3.72. The molecule has 3 rings (SSSR count). The van der Waals surface area contributed by atoms with Gasteiger partial charge in [0, 0.05) is 15.7 Å². The van der Waals surface area contributed by atoms with E-state index in [9.17, 15) is 13.2 Å². The van der Waals surface area contributed by atoms with E-state index in [1.165, 1.54) is 24.3 Å². The summed E-state index contributed by atoms with van der Waals surface area (Å²) in [6.45, 7) is 1.76. The first kappa shape index (κ1) is 19.2. The summed E-state index contributed by atoms with van der Waals surface area (Å²) in [7, 11) is -3.77. The van der Waals surface area contributed by atoms with Crippen molar-refractivity contribution in [2.75, 3.05) is 5.32 Å². The molecular formula is C19H16BrN3O3S. The van der Waals surface area contributed by atoms with E-state index in [4.69, 9.17) is 5.14 Å². The molecule has 6 nitrogen and oxygen atoms in total. The smallest absolute Gasteiger partial charge is 0.257 e. The van der Waals surface area contributed by atoms with E-state index < -0.39 is 10.0 Å². The number of carbonyl (C=O) groups is 1. The van der Waals surface area contributed by atoms with Gasteiger partial charge in [-0.2, -0.15) is 0 Å². The fourth-order valence-corrected chi connectivity index (χ4v) is 3.45. The van der Waals surface area contributed by atoms with Crippen molar-refractivity contribution in [3.8, 4) is 11.3 Å². The number of aryl methyl sites for hydroxylation is 1. The SMILES string of the molecule is Cc1nc(-c2cccc(Br)c2)ccc1C(=O)Nc1ccc(S(N)(=O)=O)cc1. The van der Waals surface area contributed by atoms with Crippen LogP contribution in [0.25, 0.3) is 11.3 Å². The summed E-state index contributed by atoms with van der Waals surface area (Å²) in [6.07, 6.45) is 0. The van der Waals surface area contributed by atoms with Gasteiger partial charge in [-0.1, -0.05) is 28.1 Å². The fourth-order valence-electron chi connectivity index (χ4n) is 2.54. The fraction of sp³-hybridized carbons (Fsp3) is 0.0526. The van der Waals surface area contributed by atoms with Gasteiger partial charge in [-0.3, -0.25) is 9.78 Å². The molecule has 0 atom stereocenters. The first-order chi connectivity index (χ1) is 12.7. The van der Waals surface area contributed by atoms with E-state index in [0.717, 1.165) is 15.7 Å². The van der Waals surface area contributed by atoms with Crippen LogP contribution in [0.2, 0.25) is 0 Å². The van der Waals surface area contributed by atoms with Crippen LogP contribution >= 0.6 is 15.9 Å². The second-order valence-electron chi connectivity index (χ2n) is 5.86. The Kier molecular flexibility index (Phi) is 5.41. The zero-order valence-corrected chi connectivity index (χ0v) is 16.7. The van der Waals surface area contributed by atoms with Crippen LogP contribution < -0.4 is 10.5 Å². The molecule has 0 unspecified atom stereocenters. The van der Waals surface area contributed by atoms with Gasteiger partial charge in [0.05, 0.1) is 21.8 Å². The zero-order valence-electron chi connectivity index (χ0n) is 14.3. The van der Waals surface area contributed by atoms with Gasteiger partial charge in [0.1, 0.15) is 0 Å². The maximum absolute atomic E-state index is 12.5.